The molecule has 1 saturated carbocycles. The van der Waals surface area contributed by atoms with Crippen molar-refractivity contribution in [2.45, 2.75) is 25.7 Å². The number of piperazine rings is 1. The minimum absolute atomic E-state index is 0.601. The predicted molar refractivity (Wildman–Crippen MR) is 85.2 cm³/mol. The standard InChI is InChI=1S/C16H20N6/c1-12-2-5-15(20-19-12)22-10-8-21(9-11-22)14-6-7-17-16(18-14)13-3-4-13/h2,5-7,13H,3-4,8-11H2,1H3. The summed E-state index contributed by atoms with van der Waals surface area (Å²) in [6, 6.07) is 6.09. The maximum atomic E-state index is 4.74. The van der Waals surface area contributed by atoms with Gasteiger partial charge in [0.1, 0.15) is 11.6 Å². The van der Waals surface area contributed by atoms with E-state index in [4.69, 9.17) is 4.98 Å². The lowest BCUT2D eigenvalue weighted by Crippen LogP contribution is -2.47. The second kappa shape index (κ2) is 5.51. The zero-order chi connectivity index (χ0) is 14.9. The first-order valence-electron chi connectivity index (χ1n) is 7.93. The lowest BCUT2D eigenvalue weighted by Gasteiger charge is -2.35. The van der Waals surface area contributed by atoms with Gasteiger partial charge in [0.2, 0.25) is 0 Å². The van der Waals surface area contributed by atoms with Crippen LogP contribution < -0.4 is 9.80 Å². The topological polar surface area (TPSA) is 58.0 Å². The number of anilines is 2. The van der Waals surface area contributed by atoms with Gasteiger partial charge in [-0.2, -0.15) is 5.10 Å². The highest BCUT2D eigenvalue weighted by Crippen LogP contribution is 2.38. The molecular weight excluding hydrogens is 276 g/mol. The molecular formula is C16H20N6. The summed E-state index contributed by atoms with van der Waals surface area (Å²) in [6.07, 6.45) is 4.38. The number of hydrogen-bond acceptors (Lipinski definition) is 6. The summed E-state index contributed by atoms with van der Waals surface area (Å²) in [5.74, 6) is 3.64. The van der Waals surface area contributed by atoms with Gasteiger partial charge in [-0.1, -0.05) is 0 Å². The summed E-state index contributed by atoms with van der Waals surface area (Å²) < 4.78 is 0. The van der Waals surface area contributed by atoms with E-state index in [0.29, 0.717) is 5.92 Å². The van der Waals surface area contributed by atoms with Crippen molar-refractivity contribution < 1.29 is 0 Å². The highest BCUT2D eigenvalue weighted by atomic mass is 15.3. The second-order valence-corrected chi connectivity index (χ2v) is 6.05. The van der Waals surface area contributed by atoms with Gasteiger partial charge < -0.3 is 9.80 Å². The van der Waals surface area contributed by atoms with Crippen LogP contribution >= 0.6 is 0 Å². The first-order chi connectivity index (χ1) is 10.8. The van der Waals surface area contributed by atoms with Crippen molar-refractivity contribution in [2.24, 2.45) is 0 Å². The molecule has 0 bridgehead atoms. The summed E-state index contributed by atoms with van der Waals surface area (Å²) >= 11 is 0. The molecule has 22 heavy (non-hydrogen) atoms. The molecule has 2 aromatic heterocycles. The Kier molecular flexibility index (Phi) is 3.36. The number of nitrogens with zero attached hydrogens (tertiary/aromatic N) is 6. The molecule has 0 atom stereocenters. The van der Waals surface area contributed by atoms with Crippen LogP contribution in [0.4, 0.5) is 11.6 Å². The molecule has 0 spiro atoms. The average Bonchev–Trinajstić information content (AvgIpc) is 3.41. The zero-order valence-corrected chi connectivity index (χ0v) is 12.8. The lowest BCUT2D eigenvalue weighted by molar-refractivity contribution is 0.635. The monoisotopic (exact) mass is 296 g/mol. The van der Waals surface area contributed by atoms with Crippen molar-refractivity contribution in [3.05, 3.63) is 35.9 Å². The Balaban J connectivity index is 1.43. The van der Waals surface area contributed by atoms with Crippen LogP contribution in [0, 0.1) is 6.92 Å². The van der Waals surface area contributed by atoms with E-state index in [9.17, 15) is 0 Å². The van der Waals surface area contributed by atoms with Crippen LogP contribution in [0.25, 0.3) is 0 Å². The van der Waals surface area contributed by atoms with E-state index in [0.717, 1.165) is 49.3 Å². The Morgan fingerprint density at radius 1 is 0.909 bits per heavy atom. The van der Waals surface area contributed by atoms with Crippen molar-refractivity contribution >= 4 is 11.6 Å². The molecule has 2 aromatic rings. The largest absolute Gasteiger partial charge is 0.353 e. The Morgan fingerprint density at radius 2 is 1.64 bits per heavy atom. The summed E-state index contributed by atoms with van der Waals surface area (Å²) in [6.45, 7) is 5.76. The van der Waals surface area contributed by atoms with Crippen molar-refractivity contribution in [3.63, 3.8) is 0 Å². The highest BCUT2D eigenvalue weighted by Gasteiger charge is 2.27. The molecule has 2 aliphatic rings. The lowest BCUT2D eigenvalue weighted by atomic mass is 10.3. The van der Waals surface area contributed by atoms with Gasteiger partial charge in [0.15, 0.2) is 5.82 Å². The Labute approximate surface area is 130 Å². The van der Waals surface area contributed by atoms with Gasteiger partial charge >= 0.3 is 0 Å². The SMILES string of the molecule is Cc1ccc(N2CCN(c3ccnc(C4CC4)n3)CC2)nn1. The van der Waals surface area contributed by atoms with Crippen molar-refractivity contribution in [1.29, 1.82) is 0 Å². The van der Waals surface area contributed by atoms with E-state index < -0.39 is 0 Å². The number of rotatable bonds is 3. The average molecular weight is 296 g/mol. The van der Waals surface area contributed by atoms with Crippen molar-refractivity contribution in [3.8, 4) is 0 Å². The molecule has 0 radical (unpaired) electrons. The third-order valence-electron chi connectivity index (χ3n) is 4.31. The molecule has 0 unspecified atom stereocenters. The maximum Gasteiger partial charge on any atom is 0.151 e. The van der Waals surface area contributed by atoms with Crippen LogP contribution in [-0.2, 0) is 0 Å². The smallest absolute Gasteiger partial charge is 0.151 e. The fraction of sp³-hybridized carbons (Fsp3) is 0.500. The van der Waals surface area contributed by atoms with Crippen molar-refractivity contribution in [1.82, 2.24) is 20.2 Å². The molecule has 4 rings (SSSR count). The molecule has 1 saturated heterocycles. The quantitative estimate of drug-likeness (QED) is 0.860. The Bertz CT molecular complexity index is 644. The van der Waals surface area contributed by atoms with E-state index in [1.807, 2.05) is 31.3 Å². The van der Waals surface area contributed by atoms with Gasteiger partial charge in [-0.3, -0.25) is 0 Å². The van der Waals surface area contributed by atoms with Crippen molar-refractivity contribution in [2.75, 3.05) is 36.0 Å². The first-order valence-corrected chi connectivity index (χ1v) is 7.93. The number of aryl methyl sites for hydroxylation is 1. The molecule has 2 fully saturated rings. The third-order valence-corrected chi connectivity index (χ3v) is 4.31. The van der Waals surface area contributed by atoms with Gasteiger partial charge in [0.25, 0.3) is 0 Å². The van der Waals surface area contributed by atoms with Crippen LogP contribution in [0.15, 0.2) is 24.4 Å². The van der Waals surface area contributed by atoms with Crippen LogP contribution in [0.5, 0.6) is 0 Å². The minimum Gasteiger partial charge on any atom is -0.353 e. The van der Waals surface area contributed by atoms with Gasteiger partial charge in [-0.25, -0.2) is 9.97 Å². The predicted octanol–water partition coefficient (Wildman–Crippen LogP) is 1.78. The summed E-state index contributed by atoms with van der Waals surface area (Å²) in [7, 11) is 0. The van der Waals surface area contributed by atoms with Gasteiger partial charge in [0, 0.05) is 38.3 Å². The van der Waals surface area contributed by atoms with E-state index in [1.165, 1.54) is 12.8 Å². The van der Waals surface area contributed by atoms with Gasteiger partial charge in [-0.05, 0) is 38.0 Å². The maximum absolute atomic E-state index is 4.74. The molecule has 6 heteroatoms. The Hall–Kier alpha value is -2.24. The van der Waals surface area contributed by atoms with Crippen LogP contribution in [0.1, 0.15) is 30.3 Å². The zero-order valence-electron chi connectivity index (χ0n) is 12.8. The molecule has 0 amide bonds. The number of aromatic nitrogens is 4. The summed E-state index contributed by atoms with van der Waals surface area (Å²) in [5.41, 5.74) is 0.955. The van der Waals surface area contributed by atoms with Crippen LogP contribution in [-0.4, -0.2) is 46.3 Å². The van der Waals surface area contributed by atoms with Crippen LogP contribution in [0.2, 0.25) is 0 Å². The highest BCUT2D eigenvalue weighted by molar-refractivity contribution is 5.44. The molecule has 3 heterocycles. The minimum atomic E-state index is 0.601. The van der Waals surface area contributed by atoms with Crippen LogP contribution in [0.3, 0.4) is 0 Å². The third kappa shape index (κ3) is 2.73. The number of hydrogen-bond donors (Lipinski definition) is 0. The Morgan fingerprint density at radius 3 is 2.27 bits per heavy atom. The fourth-order valence-electron chi connectivity index (χ4n) is 2.80. The van der Waals surface area contributed by atoms with E-state index in [-0.39, 0.29) is 0 Å². The molecule has 0 aromatic carbocycles. The molecule has 1 aliphatic heterocycles. The second-order valence-electron chi connectivity index (χ2n) is 6.05. The normalized spacial score (nSPS) is 18.6. The molecule has 1 aliphatic carbocycles. The molecule has 114 valence electrons. The van der Waals surface area contributed by atoms with Gasteiger partial charge in [0.05, 0.1) is 5.69 Å². The summed E-state index contributed by atoms with van der Waals surface area (Å²) in [5, 5.41) is 8.42. The van der Waals surface area contributed by atoms with E-state index >= 15 is 0 Å². The first kappa shape index (κ1) is 13.4. The molecule has 0 N–H and O–H groups in total. The van der Waals surface area contributed by atoms with E-state index in [1.54, 1.807) is 0 Å². The van der Waals surface area contributed by atoms with E-state index in [2.05, 4.69) is 25.0 Å². The van der Waals surface area contributed by atoms with Gasteiger partial charge in [-0.15, -0.1) is 5.10 Å². The molecule has 6 nitrogen and oxygen atoms in total. The fourth-order valence-corrected chi connectivity index (χ4v) is 2.80. The summed E-state index contributed by atoms with van der Waals surface area (Å²) in [4.78, 5) is 13.8.